The van der Waals surface area contributed by atoms with E-state index >= 15 is 0 Å². The van der Waals surface area contributed by atoms with Crippen LogP contribution in [0.4, 0.5) is 0 Å². The van der Waals surface area contributed by atoms with Crippen LogP contribution in [-0.4, -0.2) is 18.1 Å². The Kier molecular flexibility index (Phi) is 2.35. The Hall–Kier alpha value is -1.06. The molecule has 1 N–H and O–H groups in total. The van der Waals surface area contributed by atoms with Gasteiger partial charge in [0.1, 0.15) is 0 Å². The second-order valence-corrected chi connectivity index (χ2v) is 3.31. The first kappa shape index (κ1) is 9.03. The molecule has 0 aromatic carbocycles. The van der Waals surface area contributed by atoms with Crippen molar-refractivity contribution in [2.45, 2.75) is 27.0 Å². The highest BCUT2D eigenvalue weighted by molar-refractivity contribution is 5.86. The number of rotatable bonds is 2. The van der Waals surface area contributed by atoms with Crippen molar-refractivity contribution in [1.82, 2.24) is 5.32 Å². The van der Waals surface area contributed by atoms with E-state index in [2.05, 4.69) is 5.32 Å². The number of hydrogen-bond acceptors (Lipinski definition) is 3. The number of β-lactam (4-membered cyclic amide) rings is 1. The molecule has 1 amide bonds. The quantitative estimate of drug-likeness (QED) is 0.479. The number of carbonyl (C=O) groups excluding carboxylic acids is 2. The van der Waals surface area contributed by atoms with Gasteiger partial charge in [-0.25, -0.2) is 0 Å². The first-order valence-electron chi connectivity index (χ1n) is 4.00. The van der Waals surface area contributed by atoms with Crippen molar-refractivity contribution in [1.29, 1.82) is 0 Å². The molecule has 0 unspecified atom stereocenters. The van der Waals surface area contributed by atoms with Gasteiger partial charge in [0, 0.05) is 6.92 Å². The topological polar surface area (TPSA) is 55.4 Å². The fourth-order valence-corrected chi connectivity index (χ4v) is 1.30. The molecule has 0 saturated carbocycles. The maximum atomic E-state index is 11.0. The van der Waals surface area contributed by atoms with Crippen molar-refractivity contribution in [2.75, 3.05) is 0 Å². The Morgan fingerprint density at radius 1 is 1.58 bits per heavy atom. The van der Waals surface area contributed by atoms with Crippen LogP contribution in [0.5, 0.6) is 0 Å². The fourth-order valence-electron chi connectivity index (χ4n) is 1.30. The van der Waals surface area contributed by atoms with Gasteiger partial charge in [0.05, 0.1) is 5.92 Å². The van der Waals surface area contributed by atoms with Crippen LogP contribution in [0.2, 0.25) is 0 Å². The zero-order valence-electron chi connectivity index (χ0n) is 7.46. The Morgan fingerprint density at radius 3 is 2.50 bits per heavy atom. The largest absolute Gasteiger partial charge is 0.441 e. The summed E-state index contributed by atoms with van der Waals surface area (Å²) in [5, 5.41) is 2.52. The van der Waals surface area contributed by atoms with E-state index in [9.17, 15) is 9.59 Å². The summed E-state index contributed by atoms with van der Waals surface area (Å²) in [6, 6.07) is 0. The standard InChI is InChI=1S/C8H13NO3/c1-4(2)6-7(11)9-8(6)12-5(3)10/h4,6,8H,1-3H3,(H,9,11)/t6-,8+/m0/s1. The van der Waals surface area contributed by atoms with Crippen LogP contribution in [0.3, 0.4) is 0 Å². The molecule has 0 aliphatic carbocycles. The van der Waals surface area contributed by atoms with Crippen molar-refractivity contribution in [3.05, 3.63) is 0 Å². The normalized spacial score (nSPS) is 27.8. The predicted molar refractivity (Wildman–Crippen MR) is 42.0 cm³/mol. The lowest BCUT2D eigenvalue weighted by molar-refractivity contribution is -0.170. The summed E-state index contributed by atoms with van der Waals surface area (Å²) in [6.07, 6.45) is -0.407. The van der Waals surface area contributed by atoms with Gasteiger partial charge in [0.25, 0.3) is 0 Å². The number of hydrogen-bond donors (Lipinski definition) is 1. The highest BCUT2D eigenvalue weighted by Crippen LogP contribution is 2.24. The van der Waals surface area contributed by atoms with Crippen molar-refractivity contribution in [3.63, 3.8) is 0 Å². The third kappa shape index (κ3) is 1.57. The van der Waals surface area contributed by atoms with Crippen LogP contribution in [-0.2, 0) is 14.3 Å². The first-order valence-corrected chi connectivity index (χ1v) is 4.00. The van der Waals surface area contributed by atoms with Crippen LogP contribution in [0.15, 0.2) is 0 Å². The van der Waals surface area contributed by atoms with E-state index < -0.39 is 6.23 Å². The maximum absolute atomic E-state index is 11.0. The second-order valence-electron chi connectivity index (χ2n) is 3.31. The average molecular weight is 171 g/mol. The summed E-state index contributed by atoms with van der Waals surface area (Å²) in [7, 11) is 0. The van der Waals surface area contributed by atoms with Crippen LogP contribution < -0.4 is 5.32 Å². The minimum Gasteiger partial charge on any atom is -0.441 e. The second kappa shape index (κ2) is 3.13. The third-order valence-corrected chi connectivity index (χ3v) is 1.92. The SMILES string of the molecule is CC(=O)O[C@H]1NC(=O)[C@@H]1C(C)C. The number of amides is 1. The van der Waals surface area contributed by atoms with E-state index in [-0.39, 0.29) is 23.7 Å². The molecular weight excluding hydrogens is 158 g/mol. The zero-order valence-corrected chi connectivity index (χ0v) is 7.46. The van der Waals surface area contributed by atoms with Crippen LogP contribution >= 0.6 is 0 Å². The van der Waals surface area contributed by atoms with Gasteiger partial charge in [-0.1, -0.05) is 13.8 Å². The van der Waals surface area contributed by atoms with Crippen LogP contribution in [0.25, 0.3) is 0 Å². The molecule has 0 aromatic rings. The predicted octanol–water partition coefficient (Wildman–Crippen LogP) is 0.278. The molecule has 0 spiro atoms. The Balaban J connectivity index is 2.48. The average Bonchev–Trinajstić information content (AvgIpc) is 1.82. The van der Waals surface area contributed by atoms with E-state index in [0.717, 1.165) is 0 Å². The molecule has 1 heterocycles. The highest BCUT2D eigenvalue weighted by Gasteiger charge is 2.43. The van der Waals surface area contributed by atoms with Gasteiger partial charge in [-0.15, -0.1) is 0 Å². The van der Waals surface area contributed by atoms with Gasteiger partial charge in [-0.05, 0) is 5.92 Å². The Bertz CT molecular complexity index is 212. The van der Waals surface area contributed by atoms with Gasteiger partial charge in [0.15, 0.2) is 6.23 Å². The lowest BCUT2D eigenvalue weighted by Crippen LogP contribution is -2.61. The van der Waals surface area contributed by atoms with E-state index in [1.165, 1.54) is 6.92 Å². The van der Waals surface area contributed by atoms with Crippen LogP contribution in [0, 0.1) is 11.8 Å². The summed E-state index contributed by atoms with van der Waals surface area (Å²) >= 11 is 0. The monoisotopic (exact) mass is 171 g/mol. The number of nitrogens with one attached hydrogen (secondary N) is 1. The van der Waals surface area contributed by atoms with Gasteiger partial charge < -0.3 is 10.1 Å². The maximum Gasteiger partial charge on any atom is 0.304 e. The highest BCUT2D eigenvalue weighted by atomic mass is 16.6. The Morgan fingerprint density at radius 2 is 2.17 bits per heavy atom. The smallest absolute Gasteiger partial charge is 0.304 e. The summed E-state index contributed by atoms with van der Waals surface area (Å²) in [5.41, 5.74) is 0. The van der Waals surface area contributed by atoms with Crippen molar-refractivity contribution < 1.29 is 14.3 Å². The molecule has 4 nitrogen and oxygen atoms in total. The molecule has 0 aromatic heterocycles. The molecule has 0 radical (unpaired) electrons. The van der Waals surface area contributed by atoms with Gasteiger partial charge in [0.2, 0.25) is 5.91 Å². The molecule has 1 rings (SSSR count). The van der Waals surface area contributed by atoms with Crippen molar-refractivity contribution >= 4 is 11.9 Å². The number of carbonyl (C=O) groups is 2. The van der Waals surface area contributed by atoms with Crippen LogP contribution in [0.1, 0.15) is 20.8 Å². The molecule has 1 saturated heterocycles. The molecule has 2 atom stereocenters. The van der Waals surface area contributed by atoms with Gasteiger partial charge >= 0.3 is 5.97 Å². The van der Waals surface area contributed by atoms with E-state index in [0.29, 0.717) is 0 Å². The summed E-state index contributed by atoms with van der Waals surface area (Å²) in [4.78, 5) is 21.5. The molecule has 1 aliphatic rings. The number of ether oxygens (including phenoxy) is 1. The Labute approximate surface area is 71.3 Å². The molecule has 0 bridgehead atoms. The van der Waals surface area contributed by atoms with Gasteiger partial charge in [-0.2, -0.15) is 0 Å². The van der Waals surface area contributed by atoms with E-state index in [1.54, 1.807) is 0 Å². The van der Waals surface area contributed by atoms with Crippen molar-refractivity contribution in [2.24, 2.45) is 11.8 Å². The lowest BCUT2D eigenvalue weighted by Gasteiger charge is -2.37. The van der Waals surface area contributed by atoms with E-state index in [1.807, 2.05) is 13.8 Å². The molecule has 1 fully saturated rings. The minimum absolute atomic E-state index is 0.0312. The molecule has 68 valence electrons. The third-order valence-electron chi connectivity index (χ3n) is 1.92. The summed E-state index contributed by atoms with van der Waals surface area (Å²) in [5.74, 6) is -0.348. The molecule has 12 heavy (non-hydrogen) atoms. The molecule has 4 heteroatoms. The fraction of sp³-hybridized carbons (Fsp3) is 0.750. The summed E-state index contributed by atoms with van der Waals surface area (Å²) in [6.45, 7) is 5.20. The summed E-state index contributed by atoms with van der Waals surface area (Å²) < 4.78 is 4.86. The molecular formula is C8H13NO3. The molecule has 1 aliphatic heterocycles. The lowest BCUT2D eigenvalue weighted by atomic mass is 9.87. The van der Waals surface area contributed by atoms with Gasteiger partial charge in [-0.3, -0.25) is 9.59 Å². The minimum atomic E-state index is -0.407. The van der Waals surface area contributed by atoms with E-state index in [4.69, 9.17) is 4.74 Å². The van der Waals surface area contributed by atoms with Crippen molar-refractivity contribution in [3.8, 4) is 0 Å². The number of esters is 1. The first-order chi connectivity index (χ1) is 5.52. The zero-order chi connectivity index (χ0) is 9.30.